The highest BCUT2D eigenvalue weighted by Crippen LogP contribution is 2.29. The number of benzene rings is 2. The number of aliphatic imine (C=N–C) groups is 1. The molecular weight excluding hydrogens is 408 g/mol. The number of nitrogens with zero attached hydrogens (tertiary/aromatic N) is 2. The number of piperidine rings is 1. The standard InChI is InChI=1S/C24H32N4O2S/c1-19(2)21-8-10-22(11-9-21)31(29,30)28-16-12-24(13-17-28)23(25-14-15-27-24)26-18-20-6-4-3-5-7-20/h3-11,19,27H,12-18H2,1-2H3,(H,25,26). The van der Waals surface area contributed by atoms with Crippen LogP contribution in [0.2, 0.25) is 0 Å². The first-order valence-electron chi connectivity index (χ1n) is 11.1. The zero-order chi connectivity index (χ0) is 21.9. The monoisotopic (exact) mass is 440 g/mol. The Morgan fingerprint density at radius 3 is 2.39 bits per heavy atom. The van der Waals surface area contributed by atoms with E-state index in [4.69, 9.17) is 4.99 Å². The van der Waals surface area contributed by atoms with Crippen LogP contribution in [0.25, 0.3) is 0 Å². The molecule has 0 atom stereocenters. The zero-order valence-corrected chi connectivity index (χ0v) is 19.2. The lowest BCUT2D eigenvalue weighted by Gasteiger charge is -2.44. The van der Waals surface area contributed by atoms with Crippen LogP contribution in [0.4, 0.5) is 0 Å². The summed E-state index contributed by atoms with van der Waals surface area (Å²) in [5, 5.41) is 7.16. The van der Waals surface area contributed by atoms with Gasteiger partial charge in [-0.15, -0.1) is 0 Å². The third-order valence-corrected chi connectivity index (χ3v) is 8.27. The molecule has 2 N–H and O–H groups in total. The van der Waals surface area contributed by atoms with Gasteiger partial charge >= 0.3 is 0 Å². The molecule has 1 spiro atoms. The molecule has 1 fully saturated rings. The maximum atomic E-state index is 13.2. The number of hydrogen-bond donors (Lipinski definition) is 2. The molecular formula is C24H32N4O2S. The van der Waals surface area contributed by atoms with Gasteiger partial charge in [-0.05, 0) is 42.0 Å². The summed E-state index contributed by atoms with van der Waals surface area (Å²) in [7, 11) is -3.49. The SMILES string of the molecule is CC(C)c1ccc(S(=O)(=O)N2CCC3(CC2)NCCN=C3NCc2ccccc2)cc1. The molecule has 2 heterocycles. The lowest BCUT2D eigenvalue weighted by Crippen LogP contribution is -2.64. The van der Waals surface area contributed by atoms with Crippen LogP contribution < -0.4 is 10.6 Å². The molecule has 7 heteroatoms. The first-order valence-corrected chi connectivity index (χ1v) is 12.5. The minimum absolute atomic E-state index is 0.277. The molecule has 0 radical (unpaired) electrons. The van der Waals surface area contributed by atoms with Crippen molar-refractivity contribution in [3.8, 4) is 0 Å². The van der Waals surface area contributed by atoms with Crippen molar-refractivity contribution < 1.29 is 8.42 Å². The zero-order valence-electron chi connectivity index (χ0n) is 18.3. The van der Waals surface area contributed by atoms with Gasteiger partial charge in [0.2, 0.25) is 10.0 Å². The van der Waals surface area contributed by atoms with Crippen molar-refractivity contribution in [3.05, 3.63) is 65.7 Å². The van der Waals surface area contributed by atoms with E-state index in [-0.39, 0.29) is 5.54 Å². The van der Waals surface area contributed by atoms with Gasteiger partial charge in [-0.25, -0.2) is 8.42 Å². The topological polar surface area (TPSA) is 73.8 Å². The van der Waals surface area contributed by atoms with Crippen molar-refractivity contribution in [2.24, 2.45) is 4.99 Å². The molecule has 1 saturated heterocycles. The summed E-state index contributed by atoms with van der Waals surface area (Å²) in [5.74, 6) is 1.34. The molecule has 2 aromatic rings. The molecule has 166 valence electrons. The molecule has 0 bridgehead atoms. The largest absolute Gasteiger partial charge is 0.368 e. The average molecular weight is 441 g/mol. The maximum absolute atomic E-state index is 13.2. The van der Waals surface area contributed by atoms with Crippen molar-refractivity contribution >= 4 is 15.9 Å². The van der Waals surface area contributed by atoms with Gasteiger partial charge in [0.25, 0.3) is 0 Å². The third-order valence-electron chi connectivity index (χ3n) is 6.36. The average Bonchev–Trinajstić information content (AvgIpc) is 2.79. The van der Waals surface area contributed by atoms with Crippen LogP contribution in [0, 0.1) is 0 Å². The van der Waals surface area contributed by atoms with E-state index in [0.717, 1.165) is 24.5 Å². The fourth-order valence-corrected chi connectivity index (χ4v) is 5.84. The molecule has 2 aliphatic heterocycles. The molecule has 4 rings (SSSR count). The smallest absolute Gasteiger partial charge is 0.243 e. The van der Waals surface area contributed by atoms with Gasteiger partial charge in [0.05, 0.1) is 17.0 Å². The number of amidine groups is 1. The number of hydrogen-bond acceptors (Lipinski definition) is 5. The summed E-state index contributed by atoms with van der Waals surface area (Å²) in [6.07, 6.45) is 1.41. The molecule has 31 heavy (non-hydrogen) atoms. The van der Waals surface area contributed by atoms with Gasteiger partial charge < -0.3 is 10.6 Å². The van der Waals surface area contributed by atoms with Crippen molar-refractivity contribution in [1.82, 2.24) is 14.9 Å². The molecule has 0 amide bonds. The second-order valence-corrected chi connectivity index (χ2v) is 10.6. The van der Waals surface area contributed by atoms with Crippen LogP contribution in [0.15, 0.2) is 64.5 Å². The summed E-state index contributed by atoms with van der Waals surface area (Å²) < 4.78 is 28.0. The Balaban J connectivity index is 1.44. The van der Waals surface area contributed by atoms with E-state index >= 15 is 0 Å². The predicted molar refractivity (Wildman–Crippen MR) is 125 cm³/mol. The Labute approximate surface area is 185 Å². The Morgan fingerprint density at radius 1 is 1.06 bits per heavy atom. The predicted octanol–water partition coefficient (Wildman–Crippen LogP) is 3.12. The Morgan fingerprint density at radius 2 is 1.74 bits per heavy atom. The van der Waals surface area contributed by atoms with Gasteiger partial charge in [-0.3, -0.25) is 4.99 Å². The van der Waals surface area contributed by atoms with Crippen molar-refractivity contribution in [3.63, 3.8) is 0 Å². The molecule has 0 unspecified atom stereocenters. The lowest BCUT2D eigenvalue weighted by atomic mass is 9.85. The number of rotatable bonds is 5. The van der Waals surface area contributed by atoms with Crippen molar-refractivity contribution in [2.45, 2.75) is 49.6 Å². The highest BCUT2D eigenvalue weighted by Gasteiger charge is 2.43. The first-order chi connectivity index (χ1) is 14.9. The second-order valence-electron chi connectivity index (χ2n) is 8.71. The third kappa shape index (κ3) is 4.68. The summed E-state index contributed by atoms with van der Waals surface area (Å²) in [4.78, 5) is 5.14. The van der Waals surface area contributed by atoms with Gasteiger partial charge in [-0.1, -0.05) is 56.3 Å². The minimum atomic E-state index is -3.49. The summed E-state index contributed by atoms with van der Waals surface area (Å²) in [6.45, 7) is 7.45. The Kier molecular flexibility index (Phi) is 6.46. The molecule has 2 aliphatic rings. The fraction of sp³-hybridized carbons (Fsp3) is 0.458. The molecule has 6 nitrogen and oxygen atoms in total. The molecule has 0 saturated carbocycles. The number of sulfonamides is 1. The van der Waals surface area contributed by atoms with Gasteiger partial charge in [0, 0.05) is 26.2 Å². The van der Waals surface area contributed by atoms with E-state index in [1.807, 2.05) is 30.3 Å². The normalized spacial score (nSPS) is 19.4. The maximum Gasteiger partial charge on any atom is 0.243 e. The molecule has 0 aliphatic carbocycles. The van der Waals surface area contributed by atoms with Crippen LogP contribution in [0.5, 0.6) is 0 Å². The van der Waals surface area contributed by atoms with Gasteiger partial charge in [-0.2, -0.15) is 4.31 Å². The molecule has 2 aromatic carbocycles. The second kappa shape index (κ2) is 9.10. The molecule has 0 aromatic heterocycles. The summed E-state index contributed by atoms with van der Waals surface area (Å²) in [6, 6.07) is 17.6. The van der Waals surface area contributed by atoms with E-state index in [0.29, 0.717) is 43.3 Å². The first kappa shape index (κ1) is 22.0. The number of nitrogens with one attached hydrogen (secondary N) is 2. The van der Waals surface area contributed by atoms with E-state index in [1.54, 1.807) is 16.4 Å². The van der Waals surface area contributed by atoms with E-state index in [9.17, 15) is 8.42 Å². The fourth-order valence-electron chi connectivity index (χ4n) is 4.40. The van der Waals surface area contributed by atoms with Crippen LogP contribution in [0.3, 0.4) is 0 Å². The van der Waals surface area contributed by atoms with Crippen molar-refractivity contribution in [2.75, 3.05) is 26.2 Å². The van der Waals surface area contributed by atoms with E-state index < -0.39 is 10.0 Å². The lowest BCUT2D eigenvalue weighted by molar-refractivity contribution is 0.241. The Bertz CT molecular complexity index is 1010. The van der Waals surface area contributed by atoms with Crippen molar-refractivity contribution in [1.29, 1.82) is 0 Å². The van der Waals surface area contributed by atoms with Crippen LogP contribution >= 0.6 is 0 Å². The minimum Gasteiger partial charge on any atom is -0.368 e. The Hall–Kier alpha value is -2.22. The van der Waals surface area contributed by atoms with Crippen LogP contribution in [0.1, 0.15) is 43.7 Å². The van der Waals surface area contributed by atoms with Crippen LogP contribution in [-0.4, -0.2) is 50.3 Å². The summed E-state index contributed by atoms with van der Waals surface area (Å²) >= 11 is 0. The van der Waals surface area contributed by atoms with Gasteiger partial charge in [0.15, 0.2) is 0 Å². The highest BCUT2D eigenvalue weighted by atomic mass is 32.2. The highest BCUT2D eigenvalue weighted by molar-refractivity contribution is 7.89. The van der Waals surface area contributed by atoms with E-state index in [2.05, 4.69) is 36.6 Å². The van der Waals surface area contributed by atoms with Gasteiger partial charge in [0.1, 0.15) is 5.84 Å². The quantitative estimate of drug-likeness (QED) is 0.749. The van der Waals surface area contributed by atoms with Crippen LogP contribution in [-0.2, 0) is 16.6 Å². The van der Waals surface area contributed by atoms with E-state index in [1.165, 1.54) is 5.56 Å². The summed E-state index contributed by atoms with van der Waals surface area (Å²) in [5.41, 5.74) is 2.07.